The molecular weight excluding hydrogens is 214 g/mol. The third kappa shape index (κ3) is 4.20. The van der Waals surface area contributed by atoms with Crippen molar-refractivity contribution >= 4 is 11.6 Å². The standard InChI is InChI=1S/C10H18ClN3O/c1-14-10(4-6-13-14)3-5-12-9(7-11)8-15-2/h4,6,9,12H,3,5,7-8H2,1-2H3. The smallest absolute Gasteiger partial charge is 0.0627 e. The zero-order valence-corrected chi connectivity index (χ0v) is 10.00. The van der Waals surface area contributed by atoms with Gasteiger partial charge in [-0.3, -0.25) is 4.68 Å². The molecule has 0 fully saturated rings. The minimum absolute atomic E-state index is 0.227. The van der Waals surface area contributed by atoms with Gasteiger partial charge in [-0.2, -0.15) is 5.10 Å². The van der Waals surface area contributed by atoms with Crippen LogP contribution < -0.4 is 5.32 Å². The molecule has 0 spiro atoms. The van der Waals surface area contributed by atoms with Gasteiger partial charge in [0, 0.05) is 50.9 Å². The van der Waals surface area contributed by atoms with Gasteiger partial charge < -0.3 is 10.1 Å². The van der Waals surface area contributed by atoms with Crippen molar-refractivity contribution < 1.29 is 4.74 Å². The van der Waals surface area contributed by atoms with Gasteiger partial charge in [-0.1, -0.05) is 0 Å². The van der Waals surface area contributed by atoms with Gasteiger partial charge in [0.05, 0.1) is 6.61 Å². The highest BCUT2D eigenvalue weighted by atomic mass is 35.5. The van der Waals surface area contributed by atoms with E-state index in [4.69, 9.17) is 16.3 Å². The number of ether oxygens (including phenoxy) is 1. The molecule has 15 heavy (non-hydrogen) atoms. The van der Waals surface area contributed by atoms with E-state index < -0.39 is 0 Å². The fraction of sp³-hybridized carbons (Fsp3) is 0.700. The maximum absolute atomic E-state index is 5.78. The topological polar surface area (TPSA) is 39.1 Å². The fourth-order valence-electron chi connectivity index (χ4n) is 1.41. The van der Waals surface area contributed by atoms with Crippen molar-refractivity contribution in [2.24, 2.45) is 7.05 Å². The molecule has 4 nitrogen and oxygen atoms in total. The Morgan fingerprint density at radius 3 is 3.00 bits per heavy atom. The summed E-state index contributed by atoms with van der Waals surface area (Å²) in [5, 5.41) is 7.45. The van der Waals surface area contributed by atoms with Crippen LogP contribution >= 0.6 is 11.6 Å². The normalized spacial score (nSPS) is 13.0. The van der Waals surface area contributed by atoms with E-state index >= 15 is 0 Å². The van der Waals surface area contributed by atoms with Crippen molar-refractivity contribution in [2.45, 2.75) is 12.5 Å². The first-order valence-corrected chi connectivity index (χ1v) is 5.56. The van der Waals surface area contributed by atoms with Gasteiger partial charge in [0.1, 0.15) is 0 Å². The fourth-order valence-corrected chi connectivity index (χ4v) is 1.61. The molecule has 1 aromatic heterocycles. The van der Waals surface area contributed by atoms with Crippen molar-refractivity contribution in [1.29, 1.82) is 0 Å². The lowest BCUT2D eigenvalue weighted by Crippen LogP contribution is -2.36. The molecule has 0 aliphatic rings. The van der Waals surface area contributed by atoms with Gasteiger partial charge in [0.2, 0.25) is 0 Å². The van der Waals surface area contributed by atoms with E-state index in [1.807, 2.05) is 24.0 Å². The summed E-state index contributed by atoms with van der Waals surface area (Å²) in [6.07, 6.45) is 2.76. The summed E-state index contributed by atoms with van der Waals surface area (Å²) in [6, 6.07) is 2.25. The monoisotopic (exact) mass is 231 g/mol. The van der Waals surface area contributed by atoms with Crippen LogP contribution in [0.15, 0.2) is 12.3 Å². The molecule has 0 amide bonds. The molecule has 1 atom stereocenters. The van der Waals surface area contributed by atoms with Gasteiger partial charge in [-0.15, -0.1) is 11.6 Å². The number of aryl methyl sites for hydroxylation is 1. The Kier molecular flexibility index (Phi) is 5.68. The summed E-state index contributed by atoms with van der Waals surface area (Å²) in [5.41, 5.74) is 1.22. The van der Waals surface area contributed by atoms with Crippen molar-refractivity contribution in [3.8, 4) is 0 Å². The average molecular weight is 232 g/mol. The van der Waals surface area contributed by atoms with Gasteiger partial charge in [-0.25, -0.2) is 0 Å². The minimum atomic E-state index is 0.227. The molecule has 0 saturated heterocycles. The van der Waals surface area contributed by atoms with Crippen LogP contribution in [0.3, 0.4) is 0 Å². The summed E-state index contributed by atoms with van der Waals surface area (Å²) in [4.78, 5) is 0. The van der Waals surface area contributed by atoms with E-state index in [-0.39, 0.29) is 6.04 Å². The maximum Gasteiger partial charge on any atom is 0.0627 e. The van der Waals surface area contributed by atoms with Crippen LogP contribution in [0.1, 0.15) is 5.69 Å². The lowest BCUT2D eigenvalue weighted by molar-refractivity contribution is 0.173. The molecule has 1 N–H and O–H groups in total. The number of nitrogens with zero attached hydrogens (tertiary/aromatic N) is 2. The number of hydrogen-bond donors (Lipinski definition) is 1. The Balaban J connectivity index is 2.23. The number of rotatable bonds is 7. The molecular formula is C10H18ClN3O. The Bertz CT molecular complexity index is 277. The molecule has 0 radical (unpaired) electrons. The predicted molar refractivity (Wildman–Crippen MR) is 61.3 cm³/mol. The highest BCUT2D eigenvalue weighted by molar-refractivity contribution is 6.18. The number of alkyl halides is 1. The molecule has 0 saturated carbocycles. The number of nitrogens with one attached hydrogen (secondary N) is 1. The zero-order valence-electron chi connectivity index (χ0n) is 9.24. The second-order valence-corrected chi connectivity index (χ2v) is 3.77. The molecule has 0 aromatic carbocycles. The van der Waals surface area contributed by atoms with E-state index in [0.717, 1.165) is 13.0 Å². The number of halogens is 1. The highest BCUT2D eigenvalue weighted by Crippen LogP contribution is 1.97. The molecule has 1 aromatic rings. The maximum atomic E-state index is 5.78. The highest BCUT2D eigenvalue weighted by Gasteiger charge is 2.06. The van der Waals surface area contributed by atoms with Crippen LogP contribution in [-0.4, -0.2) is 42.0 Å². The summed E-state index contributed by atoms with van der Waals surface area (Å²) in [5.74, 6) is 0.569. The third-order valence-corrected chi connectivity index (χ3v) is 2.66. The Hall–Kier alpha value is -0.580. The predicted octanol–water partition coefficient (Wildman–Crippen LogP) is 0.806. The summed E-state index contributed by atoms with van der Waals surface area (Å²) in [7, 11) is 3.63. The second-order valence-electron chi connectivity index (χ2n) is 3.46. The van der Waals surface area contributed by atoms with Crippen molar-refractivity contribution in [3.05, 3.63) is 18.0 Å². The summed E-state index contributed by atoms with van der Waals surface area (Å²) >= 11 is 5.78. The van der Waals surface area contributed by atoms with Gasteiger partial charge in [0.25, 0.3) is 0 Å². The van der Waals surface area contributed by atoms with E-state index in [2.05, 4.69) is 10.4 Å². The average Bonchev–Trinajstić information content (AvgIpc) is 2.63. The first-order valence-electron chi connectivity index (χ1n) is 5.03. The van der Waals surface area contributed by atoms with E-state index in [1.54, 1.807) is 7.11 Å². The minimum Gasteiger partial charge on any atom is -0.383 e. The summed E-state index contributed by atoms with van der Waals surface area (Å²) < 4.78 is 6.92. The quantitative estimate of drug-likeness (QED) is 0.706. The first-order chi connectivity index (χ1) is 7.27. The molecule has 1 rings (SSSR count). The largest absolute Gasteiger partial charge is 0.383 e. The molecule has 5 heteroatoms. The first kappa shape index (κ1) is 12.5. The van der Waals surface area contributed by atoms with Crippen LogP contribution in [0, 0.1) is 0 Å². The molecule has 1 heterocycles. The van der Waals surface area contributed by atoms with Crippen LogP contribution in [0.2, 0.25) is 0 Å². The Morgan fingerprint density at radius 1 is 1.67 bits per heavy atom. The van der Waals surface area contributed by atoms with Crippen LogP contribution in [0.4, 0.5) is 0 Å². The molecule has 0 aliphatic carbocycles. The van der Waals surface area contributed by atoms with E-state index in [0.29, 0.717) is 12.5 Å². The third-order valence-electron chi connectivity index (χ3n) is 2.29. The van der Waals surface area contributed by atoms with E-state index in [1.165, 1.54) is 5.69 Å². The number of hydrogen-bond acceptors (Lipinski definition) is 3. The lowest BCUT2D eigenvalue weighted by atomic mass is 10.3. The van der Waals surface area contributed by atoms with Crippen molar-refractivity contribution in [2.75, 3.05) is 26.1 Å². The number of methoxy groups -OCH3 is 1. The van der Waals surface area contributed by atoms with Gasteiger partial charge >= 0.3 is 0 Å². The SMILES string of the molecule is COCC(CCl)NCCc1ccnn1C. The molecule has 1 unspecified atom stereocenters. The van der Waals surface area contributed by atoms with Crippen LogP contribution in [0.25, 0.3) is 0 Å². The number of aromatic nitrogens is 2. The van der Waals surface area contributed by atoms with E-state index in [9.17, 15) is 0 Å². The van der Waals surface area contributed by atoms with Crippen molar-refractivity contribution in [3.63, 3.8) is 0 Å². The lowest BCUT2D eigenvalue weighted by Gasteiger charge is -2.14. The zero-order chi connectivity index (χ0) is 11.1. The van der Waals surface area contributed by atoms with Gasteiger partial charge in [0.15, 0.2) is 0 Å². The molecule has 0 bridgehead atoms. The Morgan fingerprint density at radius 2 is 2.47 bits per heavy atom. The van der Waals surface area contributed by atoms with Crippen LogP contribution in [0.5, 0.6) is 0 Å². The summed E-state index contributed by atoms with van der Waals surface area (Å²) in [6.45, 7) is 1.54. The van der Waals surface area contributed by atoms with Gasteiger partial charge in [-0.05, 0) is 6.07 Å². The Labute approximate surface area is 95.6 Å². The molecule has 0 aliphatic heterocycles. The second kappa shape index (κ2) is 6.82. The van der Waals surface area contributed by atoms with Crippen molar-refractivity contribution in [1.82, 2.24) is 15.1 Å². The molecule has 86 valence electrons. The van der Waals surface area contributed by atoms with Crippen LogP contribution in [-0.2, 0) is 18.2 Å².